The fraction of sp³-hybridized carbons (Fsp3) is 0.294. The van der Waals surface area contributed by atoms with Gasteiger partial charge in [-0.05, 0) is 55.0 Å². The number of rotatable bonds is 5. The average molecular weight is 269 g/mol. The van der Waals surface area contributed by atoms with Crippen molar-refractivity contribution in [3.8, 4) is 11.5 Å². The number of ether oxygens (including phenoxy) is 1. The van der Waals surface area contributed by atoms with Crippen molar-refractivity contribution in [2.24, 2.45) is 5.92 Å². The Morgan fingerprint density at radius 3 is 2.60 bits per heavy atom. The van der Waals surface area contributed by atoms with E-state index < -0.39 is 0 Å². The number of benzene rings is 2. The summed E-state index contributed by atoms with van der Waals surface area (Å²) < 4.78 is 5.85. The molecule has 0 radical (unpaired) electrons. The zero-order valence-electron chi connectivity index (χ0n) is 11.5. The van der Waals surface area contributed by atoms with Gasteiger partial charge in [-0.3, -0.25) is 0 Å². The fourth-order valence-corrected chi connectivity index (χ4v) is 2.68. The first kappa shape index (κ1) is 13.2. The average Bonchev–Trinajstić information content (AvgIpc) is 3.28. The van der Waals surface area contributed by atoms with Crippen LogP contribution < -0.4 is 10.2 Å². The lowest BCUT2D eigenvalue weighted by atomic mass is 10.1. The summed E-state index contributed by atoms with van der Waals surface area (Å²) in [6, 6.07) is 18.2. The third kappa shape index (κ3) is 2.84. The smallest absolute Gasteiger partial charge is 0.127 e. The summed E-state index contributed by atoms with van der Waals surface area (Å²) in [6.45, 7) is 2.01. The second kappa shape index (κ2) is 5.65. The van der Waals surface area contributed by atoms with Gasteiger partial charge in [0.05, 0.1) is 0 Å². The normalized spacial score (nSPS) is 22.3. The lowest BCUT2D eigenvalue weighted by Crippen LogP contribution is -2.24. The summed E-state index contributed by atoms with van der Waals surface area (Å²) in [4.78, 5) is 0. The van der Waals surface area contributed by atoms with Crippen molar-refractivity contribution in [3.63, 3.8) is 0 Å². The van der Waals surface area contributed by atoms with Gasteiger partial charge in [-0.1, -0.05) is 30.3 Å². The monoisotopic (exact) mass is 269 g/mol. The maximum Gasteiger partial charge on any atom is 0.127 e. The Morgan fingerprint density at radius 1 is 1.10 bits per heavy atom. The molecule has 3 atom stereocenters. The Hall–Kier alpha value is -1.84. The van der Waals surface area contributed by atoms with Crippen LogP contribution in [-0.2, 0) is 0 Å². The molecule has 1 unspecified atom stereocenters. The zero-order valence-corrected chi connectivity index (χ0v) is 11.5. The van der Waals surface area contributed by atoms with E-state index in [0.717, 1.165) is 17.9 Å². The second-order valence-electron chi connectivity index (χ2n) is 5.41. The molecule has 0 spiro atoms. The maximum absolute atomic E-state index is 8.98. The van der Waals surface area contributed by atoms with Gasteiger partial charge in [0.25, 0.3) is 0 Å². The minimum Gasteiger partial charge on any atom is -0.457 e. The molecular weight excluding hydrogens is 250 g/mol. The van der Waals surface area contributed by atoms with Gasteiger partial charge in [0, 0.05) is 6.04 Å². The summed E-state index contributed by atoms with van der Waals surface area (Å²) in [7, 11) is 0. The highest BCUT2D eigenvalue weighted by Crippen LogP contribution is 2.50. The van der Waals surface area contributed by atoms with Gasteiger partial charge in [-0.2, -0.15) is 0 Å². The first-order chi connectivity index (χ1) is 9.78. The summed E-state index contributed by atoms with van der Waals surface area (Å²) >= 11 is 0. The lowest BCUT2D eigenvalue weighted by molar-refractivity contribution is 0.123. The largest absolute Gasteiger partial charge is 0.457 e. The van der Waals surface area contributed by atoms with Crippen LogP contribution in [0, 0.1) is 5.92 Å². The van der Waals surface area contributed by atoms with Gasteiger partial charge in [-0.15, -0.1) is 0 Å². The Bertz CT molecular complexity index is 570. The van der Waals surface area contributed by atoms with E-state index in [1.165, 1.54) is 5.56 Å². The van der Waals surface area contributed by atoms with Crippen molar-refractivity contribution in [3.05, 3.63) is 60.2 Å². The molecule has 3 rings (SSSR count). The molecule has 2 aromatic carbocycles. The van der Waals surface area contributed by atoms with Crippen LogP contribution in [0.4, 0.5) is 0 Å². The molecule has 1 fully saturated rings. The van der Waals surface area contributed by atoms with Gasteiger partial charge in [-0.25, -0.2) is 5.48 Å². The standard InChI is InChI=1S/C17H19NO2/c1-12(18-19)16-11-17(16)13-6-5-9-15(10-13)20-14-7-3-2-4-8-14/h2-10,12,16-19H,11H2,1H3/t12?,16-,17-/m0/s1. The van der Waals surface area contributed by atoms with E-state index in [4.69, 9.17) is 9.94 Å². The van der Waals surface area contributed by atoms with E-state index in [0.29, 0.717) is 11.8 Å². The Morgan fingerprint density at radius 2 is 1.85 bits per heavy atom. The van der Waals surface area contributed by atoms with Crippen LogP contribution in [0.25, 0.3) is 0 Å². The Kier molecular flexibility index (Phi) is 3.72. The van der Waals surface area contributed by atoms with Crippen LogP contribution in [0.5, 0.6) is 11.5 Å². The molecule has 3 heteroatoms. The van der Waals surface area contributed by atoms with Crippen molar-refractivity contribution in [1.29, 1.82) is 0 Å². The van der Waals surface area contributed by atoms with Gasteiger partial charge in [0.2, 0.25) is 0 Å². The maximum atomic E-state index is 8.98. The third-order valence-corrected chi connectivity index (χ3v) is 3.95. The molecule has 20 heavy (non-hydrogen) atoms. The van der Waals surface area contributed by atoms with E-state index in [-0.39, 0.29) is 6.04 Å². The summed E-state index contributed by atoms with van der Waals surface area (Å²) in [5.41, 5.74) is 3.63. The van der Waals surface area contributed by atoms with Crippen molar-refractivity contribution >= 4 is 0 Å². The number of para-hydroxylation sites is 1. The first-order valence-corrected chi connectivity index (χ1v) is 7.00. The van der Waals surface area contributed by atoms with Crippen molar-refractivity contribution in [2.45, 2.75) is 25.3 Å². The number of hydrogen-bond donors (Lipinski definition) is 2. The van der Waals surface area contributed by atoms with Gasteiger partial charge in [0.15, 0.2) is 0 Å². The van der Waals surface area contributed by atoms with Gasteiger partial charge >= 0.3 is 0 Å². The van der Waals surface area contributed by atoms with E-state index in [9.17, 15) is 0 Å². The van der Waals surface area contributed by atoms with E-state index >= 15 is 0 Å². The van der Waals surface area contributed by atoms with Crippen LogP contribution in [0.15, 0.2) is 54.6 Å². The number of hydrogen-bond acceptors (Lipinski definition) is 3. The summed E-state index contributed by atoms with van der Waals surface area (Å²) in [5, 5.41) is 8.98. The van der Waals surface area contributed by atoms with E-state index in [1.807, 2.05) is 49.4 Å². The second-order valence-corrected chi connectivity index (χ2v) is 5.41. The van der Waals surface area contributed by atoms with Crippen LogP contribution in [0.2, 0.25) is 0 Å². The molecule has 104 valence electrons. The minimum absolute atomic E-state index is 0.138. The number of nitrogens with one attached hydrogen (secondary N) is 1. The number of hydroxylamine groups is 1. The molecule has 2 N–H and O–H groups in total. The van der Waals surface area contributed by atoms with E-state index in [1.54, 1.807) is 0 Å². The van der Waals surface area contributed by atoms with Crippen LogP contribution in [0.1, 0.15) is 24.8 Å². The highest BCUT2D eigenvalue weighted by Gasteiger charge is 2.42. The molecule has 1 aliphatic rings. The molecule has 0 bridgehead atoms. The third-order valence-electron chi connectivity index (χ3n) is 3.95. The fourth-order valence-electron chi connectivity index (χ4n) is 2.68. The highest BCUT2D eigenvalue weighted by molar-refractivity contribution is 5.37. The minimum atomic E-state index is 0.138. The molecule has 3 nitrogen and oxygen atoms in total. The molecule has 1 saturated carbocycles. The van der Waals surface area contributed by atoms with Crippen LogP contribution >= 0.6 is 0 Å². The van der Waals surface area contributed by atoms with Crippen molar-refractivity contribution in [2.75, 3.05) is 0 Å². The Labute approximate surface area is 119 Å². The molecular formula is C17H19NO2. The van der Waals surface area contributed by atoms with Crippen LogP contribution in [0.3, 0.4) is 0 Å². The van der Waals surface area contributed by atoms with Crippen molar-refractivity contribution < 1.29 is 9.94 Å². The summed E-state index contributed by atoms with van der Waals surface area (Å²) in [5.74, 6) is 2.74. The van der Waals surface area contributed by atoms with Crippen molar-refractivity contribution in [1.82, 2.24) is 5.48 Å². The first-order valence-electron chi connectivity index (χ1n) is 7.00. The van der Waals surface area contributed by atoms with Gasteiger partial charge < -0.3 is 9.94 Å². The molecule has 0 heterocycles. The quantitative estimate of drug-likeness (QED) is 0.808. The zero-order chi connectivity index (χ0) is 13.9. The SMILES string of the molecule is CC(NO)[C@@H]1C[C@H]1c1cccc(Oc2ccccc2)c1. The van der Waals surface area contributed by atoms with E-state index in [2.05, 4.69) is 17.6 Å². The molecule has 0 saturated heterocycles. The molecule has 1 aliphatic carbocycles. The summed E-state index contributed by atoms with van der Waals surface area (Å²) in [6.07, 6.45) is 1.11. The molecule has 0 aliphatic heterocycles. The Balaban J connectivity index is 1.71. The topological polar surface area (TPSA) is 41.5 Å². The van der Waals surface area contributed by atoms with Gasteiger partial charge in [0.1, 0.15) is 11.5 Å². The molecule has 2 aromatic rings. The molecule has 0 amide bonds. The lowest BCUT2D eigenvalue weighted by Gasteiger charge is -2.10. The molecule has 0 aromatic heterocycles. The predicted octanol–water partition coefficient (Wildman–Crippen LogP) is 3.95. The van der Waals surface area contributed by atoms with Crippen LogP contribution in [-0.4, -0.2) is 11.2 Å². The predicted molar refractivity (Wildman–Crippen MR) is 78.2 cm³/mol. The highest BCUT2D eigenvalue weighted by atomic mass is 16.5.